The van der Waals surface area contributed by atoms with Crippen LogP contribution in [0.2, 0.25) is 0 Å². The molecule has 4 N–H and O–H groups in total. The van der Waals surface area contributed by atoms with Gasteiger partial charge in [0.25, 0.3) is 5.91 Å². The van der Waals surface area contributed by atoms with Crippen molar-refractivity contribution in [1.82, 2.24) is 16.0 Å². The Morgan fingerprint density at radius 1 is 1.06 bits per heavy atom. The third kappa shape index (κ3) is 6.88. The molecule has 1 amide bonds. The van der Waals surface area contributed by atoms with Crippen molar-refractivity contribution < 1.29 is 14.3 Å². The molecular formula is C23H29IN4O3. The first-order valence-corrected chi connectivity index (χ1v) is 10.1. The van der Waals surface area contributed by atoms with Gasteiger partial charge in [-0.2, -0.15) is 0 Å². The SMILES string of the molecule is CCNC(=NCc1oc2ccccc2c1C)NCCCNC(=O)c1cccc(O)c1.I. The molecule has 1 aromatic heterocycles. The average molecular weight is 536 g/mol. The summed E-state index contributed by atoms with van der Waals surface area (Å²) in [6, 6.07) is 14.3. The molecule has 0 atom stereocenters. The Bertz CT molecular complexity index is 1030. The van der Waals surface area contributed by atoms with E-state index in [9.17, 15) is 9.90 Å². The van der Waals surface area contributed by atoms with E-state index in [4.69, 9.17) is 4.42 Å². The molecule has 8 heteroatoms. The highest BCUT2D eigenvalue weighted by molar-refractivity contribution is 14.0. The number of carbonyl (C=O) groups is 1. The zero-order valence-corrected chi connectivity index (χ0v) is 20.1. The van der Waals surface area contributed by atoms with Crippen molar-refractivity contribution in [1.29, 1.82) is 0 Å². The number of aliphatic imine (C=N–C) groups is 1. The minimum atomic E-state index is -0.202. The van der Waals surface area contributed by atoms with Gasteiger partial charge < -0.3 is 25.5 Å². The second-order valence-electron chi connectivity index (χ2n) is 6.93. The van der Waals surface area contributed by atoms with Gasteiger partial charge in [0.05, 0.1) is 0 Å². The summed E-state index contributed by atoms with van der Waals surface area (Å²) in [6.45, 7) is 6.43. The number of aromatic hydroxyl groups is 1. The van der Waals surface area contributed by atoms with E-state index in [0.717, 1.165) is 35.3 Å². The van der Waals surface area contributed by atoms with E-state index >= 15 is 0 Å². The van der Waals surface area contributed by atoms with E-state index in [-0.39, 0.29) is 35.6 Å². The molecular weight excluding hydrogens is 507 g/mol. The van der Waals surface area contributed by atoms with Crippen LogP contribution in [0.3, 0.4) is 0 Å². The molecule has 0 saturated heterocycles. The normalized spacial score (nSPS) is 11.1. The van der Waals surface area contributed by atoms with Crippen LogP contribution in [0.5, 0.6) is 5.75 Å². The first-order valence-electron chi connectivity index (χ1n) is 10.1. The molecule has 3 rings (SSSR count). The maximum absolute atomic E-state index is 12.1. The molecule has 0 aliphatic heterocycles. The first-order chi connectivity index (χ1) is 14.6. The second-order valence-corrected chi connectivity index (χ2v) is 6.93. The third-order valence-electron chi connectivity index (χ3n) is 4.71. The summed E-state index contributed by atoms with van der Waals surface area (Å²) >= 11 is 0. The lowest BCUT2D eigenvalue weighted by molar-refractivity contribution is 0.0953. The molecule has 0 fully saturated rings. The van der Waals surface area contributed by atoms with Gasteiger partial charge in [-0.05, 0) is 44.5 Å². The van der Waals surface area contributed by atoms with Crippen LogP contribution in [0, 0.1) is 6.92 Å². The summed E-state index contributed by atoms with van der Waals surface area (Å²) in [7, 11) is 0. The van der Waals surface area contributed by atoms with Crippen LogP contribution in [-0.2, 0) is 6.54 Å². The van der Waals surface area contributed by atoms with E-state index in [1.165, 1.54) is 12.1 Å². The van der Waals surface area contributed by atoms with E-state index in [0.29, 0.717) is 31.2 Å². The number of phenols is 1. The number of fused-ring (bicyclic) bond motifs is 1. The Morgan fingerprint density at radius 3 is 2.58 bits per heavy atom. The monoisotopic (exact) mass is 536 g/mol. The number of amides is 1. The quantitative estimate of drug-likeness (QED) is 0.151. The summed E-state index contributed by atoms with van der Waals surface area (Å²) in [5.41, 5.74) is 2.43. The number of furan rings is 1. The molecule has 166 valence electrons. The molecule has 0 unspecified atom stereocenters. The van der Waals surface area contributed by atoms with Gasteiger partial charge in [-0.3, -0.25) is 4.79 Å². The van der Waals surface area contributed by atoms with Crippen LogP contribution in [0.1, 0.15) is 35.0 Å². The molecule has 1 heterocycles. The van der Waals surface area contributed by atoms with Crippen LogP contribution >= 0.6 is 24.0 Å². The maximum atomic E-state index is 12.1. The van der Waals surface area contributed by atoms with E-state index in [1.54, 1.807) is 12.1 Å². The number of halogens is 1. The number of guanidine groups is 1. The van der Waals surface area contributed by atoms with Gasteiger partial charge in [0.2, 0.25) is 0 Å². The number of phenolic OH excluding ortho intramolecular Hbond substituents is 1. The zero-order chi connectivity index (χ0) is 21.3. The van der Waals surface area contributed by atoms with Crippen LogP contribution in [-0.4, -0.2) is 36.6 Å². The maximum Gasteiger partial charge on any atom is 0.251 e. The van der Waals surface area contributed by atoms with Gasteiger partial charge in [0, 0.05) is 36.1 Å². The van der Waals surface area contributed by atoms with Crippen LogP contribution in [0.15, 0.2) is 57.9 Å². The van der Waals surface area contributed by atoms with E-state index in [1.807, 2.05) is 32.0 Å². The fraction of sp³-hybridized carbons (Fsp3) is 0.304. The third-order valence-corrected chi connectivity index (χ3v) is 4.71. The zero-order valence-electron chi connectivity index (χ0n) is 17.8. The summed E-state index contributed by atoms with van der Waals surface area (Å²) < 4.78 is 5.92. The topological polar surface area (TPSA) is 98.9 Å². The molecule has 0 aliphatic rings. The Hall–Kier alpha value is -2.75. The van der Waals surface area contributed by atoms with Crippen LogP contribution in [0.4, 0.5) is 0 Å². The van der Waals surface area contributed by atoms with Gasteiger partial charge in [0.15, 0.2) is 5.96 Å². The lowest BCUT2D eigenvalue weighted by Gasteiger charge is -2.11. The second kappa shape index (κ2) is 12.2. The highest BCUT2D eigenvalue weighted by Crippen LogP contribution is 2.25. The van der Waals surface area contributed by atoms with Gasteiger partial charge in [-0.25, -0.2) is 4.99 Å². The summed E-state index contributed by atoms with van der Waals surface area (Å²) in [4.78, 5) is 16.7. The molecule has 7 nitrogen and oxygen atoms in total. The lowest BCUT2D eigenvalue weighted by atomic mass is 10.1. The molecule has 0 spiro atoms. The Morgan fingerprint density at radius 2 is 1.84 bits per heavy atom. The fourth-order valence-electron chi connectivity index (χ4n) is 3.11. The molecule has 3 aromatic rings. The summed E-state index contributed by atoms with van der Waals surface area (Å²) in [5.74, 6) is 1.44. The Balaban J connectivity index is 0.00000341. The van der Waals surface area contributed by atoms with Crippen molar-refractivity contribution in [3.63, 3.8) is 0 Å². The van der Waals surface area contributed by atoms with Crippen LogP contribution < -0.4 is 16.0 Å². The number of rotatable bonds is 8. The van der Waals surface area contributed by atoms with Crippen molar-refractivity contribution in [3.05, 3.63) is 65.4 Å². The van der Waals surface area contributed by atoms with E-state index in [2.05, 4.69) is 27.0 Å². The van der Waals surface area contributed by atoms with Gasteiger partial charge in [0.1, 0.15) is 23.6 Å². The number of benzene rings is 2. The number of para-hydroxylation sites is 1. The molecule has 0 aliphatic carbocycles. The van der Waals surface area contributed by atoms with Crippen LogP contribution in [0.25, 0.3) is 11.0 Å². The van der Waals surface area contributed by atoms with Gasteiger partial charge in [-0.1, -0.05) is 24.3 Å². The molecule has 0 radical (unpaired) electrons. The predicted octanol–water partition coefficient (Wildman–Crippen LogP) is 3.94. The van der Waals surface area contributed by atoms with Crippen molar-refractivity contribution >= 4 is 46.8 Å². The minimum Gasteiger partial charge on any atom is -0.508 e. The lowest BCUT2D eigenvalue weighted by Crippen LogP contribution is -2.38. The summed E-state index contributed by atoms with van der Waals surface area (Å²) in [6.07, 6.45) is 0.735. The van der Waals surface area contributed by atoms with Gasteiger partial charge >= 0.3 is 0 Å². The number of carbonyl (C=O) groups excluding carboxylic acids is 1. The van der Waals surface area contributed by atoms with Crippen molar-refractivity contribution in [2.45, 2.75) is 26.8 Å². The number of nitrogens with zero attached hydrogens (tertiary/aromatic N) is 1. The minimum absolute atomic E-state index is 0. The molecule has 31 heavy (non-hydrogen) atoms. The number of aryl methyl sites for hydroxylation is 1. The Labute approximate surface area is 199 Å². The van der Waals surface area contributed by atoms with Crippen molar-refractivity contribution in [3.8, 4) is 5.75 Å². The molecule has 0 saturated carbocycles. The Kier molecular flexibility index (Phi) is 9.64. The number of hydrogen-bond donors (Lipinski definition) is 4. The predicted molar refractivity (Wildman–Crippen MR) is 134 cm³/mol. The van der Waals surface area contributed by atoms with Gasteiger partial charge in [-0.15, -0.1) is 24.0 Å². The van der Waals surface area contributed by atoms with Crippen molar-refractivity contribution in [2.75, 3.05) is 19.6 Å². The first kappa shape index (κ1) is 24.5. The van der Waals surface area contributed by atoms with E-state index < -0.39 is 0 Å². The number of nitrogens with one attached hydrogen (secondary N) is 3. The van der Waals surface area contributed by atoms with Crippen molar-refractivity contribution in [2.24, 2.45) is 4.99 Å². The molecule has 2 aromatic carbocycles. The average Bonchev–Trinajstić information content (AvgIpc) is 3.07. The number of hydrogen-bond acceptors (Lipinski definition) is 4. The smallest absolute Gasteiger partial charge is 0.251 e. The highest BCUT2D eigenvalue weighted by atomic mass is 127. The molecule has 0 bridgehead atoms. The largest absolute Gasteiger partial charge is 0.508 e. The summed E-state index contributed by atoms with van der Waals surface area (Å²) in [5, 5.41) is 19.9. The highest BCUT2D eigenvalue weighted by Gasteiger charge is 2.10. The fourth-order valence-corrected chi connectivity index (χ4v) is 3.11. The standard InChI is InChI=1S/C23H28N4O3.HI/c1-3-24-23(27-15-21-16(2)19-10-4-5-11-20(19)30-21)26-13-7-12-25-22(29)17-8-6-9-18(28)14-17;/h4-6,8-11,14,28H,3,7,12-13,15H2,1-2H3,(H,25,29)(H2,24,26,27);1H.